The molecular weight excluding hydrogens is 459 g/mol. The molecule has 1 aliphatic heterocycles. The molecule has 0 aliphatic carbocycles. The molecule has 2 heterocycles. The predicted octanol–water partition coefficient (Wildman–Crippen LogP) is 2.87. The van der Waals surface area contributed by atoms with E-state index in [1.807, 2.05) is 6.92 Å². The molecule has 0 saturated carbocycles. The van der Waals surface area contributed by atoms with Crippen LogP contribution in [0.4, 0.5) is 4.39 Å². The third-order valence-corrected chi connectivity index (χ3v) is 7.90. The lowest BCUT2D eigenvalue weighted by Crippen LogP contribution is -2.38. The van der Waals surface area contributed by atoms with Crippen LogP contribution in [0.15, 0.2) is 58.2 Å². The molecule has 2 aromatic carbocycles. The van der Waals surface area contributed by atoms with E-state index in [1.165, 1.54) is 21.1 Å². The van der Waals surface area contributed by atoms with Crippen molar-refractivity contribution in [2.75, 3.05) is 26.2 Å². The van der Waals surface area contributed by atoms with Crippen LogP contribution in [0.25, 0.3) is 10.8 Å². The lowest BCUT2D eigenvalue weighted by Gasteiger charge is -2.22. The van der Waals surface area contributed by atoms with Crippen LogP contribution in [0.1, 0.15) is 36.7 Å². The summed E-state index contributed by atoms with van der Waals surface area (Å²) in [6, 6.07) is 11.6. The largest absolute Gasteiger partial charge is 0.336 e. The zero-order chi connectivity index (χ0) is 24.3. The lowest BCUT2D eigenvalue weighted by molar-refractivity contribution is 0.0757. The zero-order valence-corrected chi connectivity index (χ0v) is 19.8. The molecule has 0 spiro atoms. The average Bonchev–Trinajstić information content (AvgIpc) is 3.11. The first-order valence-corrected chi connectivity index (χ1v) is 12.8. The summed E-state index contributed by atoms with van der Waals surface area (Å²) in [4.78, 5) is 27.9. The standard InChI is InChI=1S/C24H27FN4O4S/c1-2-3-15-29-23(30)21-8-5-4-7-20(21)22(26-29)24(31)27-13-6-14-28(17-16-27)34(32,33)19-11-9-18(25)10-12-19/h4-5,7-12H,2-3,6,13-17H2,1H3. The molecule has 0 N–H and O–H groups in total. The number of hydrogen-bond acceptors (Lipinski definition) is 5. The summed E-state index contributed by atoms with van der Waals surface area (Å²) in [7, 11) is -3.81. The van der Waals surface area contributed by atoms with Crippen molar-refractivity contribution in [2.24, 2.45) is 0 Å². The second-order valence-electron chi connectivity index (χ2n) is 8.28. The van der Waals surface area contributed by atoms with Gasteiger partial charge in [-0.05, 0) is 43.2 Å². The highest BCUT2D eigenvalue weighted by molar-refractivity contribution is 7.89. The van der Waals surface area contributed by atoms with E-state index >= 15 is 0 Å². The van der Waals surface area contributed by atoms with Crippen molar-refractivity contribution in [3.05, 3.63) is 70.4 Å². The summed E-state index contributed by atoms with van der Waals surface area (Å²) in [5.74, 6) is -0.839. The first-order valence-electron chi connectivity index (χ1n) is 11.4. The third kappa shape index (κ3) is 4.74. The molecule has 8 nitrogen and oxygen atoms in total. The van der Waals surface area contributed by atoms with E-state index in [9.17, 15) is 22.4 Å². The van der Waals surface area contributed by atoms with Crippen LogP contribution in [0.2, 0.25) is 0 Å². The van der Waals surface area contributed by atoms with Crippen LogP contribution in [0.3, 0.4) is 0 Å². The van der Waals surface area contributed by atoms with E-state index in [1.54, 1.807) is 29.2 Å². The van der Waals surface area contributed by atoms with E-state index in [2.05, 4.69) is 5.10 Å². The molecular formula is C24H27FN4O4S. The van der Waals surface area contributed by atoms with Gasteiger partial charge in [-0.1, -0.05) is 31.5 Å². The van der Waals surface area contributed by atoms with Crippen molar-refractivity contribution in [3.63, 3.8) is 0 Å². The first-order chi connectivity index (χ1) is 16.3. The Labute approximate surface area is 197 Å². The number of nitrogens with zero attached hydrogens (tertiary/aromatic N) is 4. The highest BCUT2D eigenvalue weighted by Crippen LogP contribution is 2.20. The van der Waals surface area contributed by atoms with Crippen molar-refractivity contribution >= 4 is 26.7 Å². The van der Waals surface area contributed by atoms with Gasteiger partial charge in [0.15, 0.2) is 5.69 Å². The molecule has 10 heteroatoms. The van der Waals surface area contributed by atoms with Crippen molar-refractivity contribution in [1.29, 1.82) is 0 Å². The number of hydrogen-bond donors (Lipinski definition) is 0. The second kappa shape index (κ2) is 10.0. The summed E-state index contributed by atoms with van der Waals surface area (Å²) in [6.07, 6.45) is 2.09. The van der Waals surface area contributed by atoms with E-state index < -0.39 is 15.8 Å². The van der Waals surface area contributed by atoms with Crippen LogP contribution in [0, 0.1) is 5.82 Å². The van der Waals surface area contributed by atoms with Gasteiger partial charge in [0.25, 0.3) is 11.5 Å². The molecule has 1 aliphatic rings. The number of fused-ring (bicyclic) bond motifs is 1. The lowest BCUT2D eigenvalue weighted by atomic mass is 10.1. The Balaban J connectivity index is 1.60. The maximum absolute atomic E-state index is 13.5. The molecule has 34 heavy (non-hydrogen) atoms. The van der Waals surface area contributed by atoms with Crippen molar-refractivity contribution in [3.8, 4) is 0 Å². The Kier molecular flexibility index (Phi) is 7.08. The Morgan fingerprint density at radius 2 is 1.71 bits per heavy atom. The smallest absolute Gasteiger partial charge is 0.274 e. The monoisotopic (exact) mass is 486 g/mol. The van der Waals surface area contributed by atoms with Gasteiger partial charge in [-0.3, -0.25) is 9.59 Å². The Morgan fingerprint density at radius 3 is 2.41 bits per heavy atom. The normalized spacial score (nSPS) is 15.4. The molecule has 3 aromatic rings. The molecule has 0 bridgehead atoms. The number of aryl methyl sites for hydroxylation is 1. The molecule has 1 fully saturated rings. The SMILES string of the molecule is CCCCn1nc(C(=O)N2CCCN(S(=O)(=O)c3ccc(F)cc3)CC2)c2ccccc2c1=O. The highest BCUT2D eigenvalue weighted by Gasteiger charge is 2.30. The second-order valence-corrected chi connectivity index (χ2v) is 10.2. The summed E-state index contributed by atoms with van der Waals surface area (Å²) in [5, 5.41) is 5.34. The van der Waals surface area contributed by atoms with Crippen molar-refractivity contribution in [1.82, 2.24) is 19.0 Å². The molecule has 1 aromatic heterocycles. The van der Waals surface area contributed by atoms with Gasteiger partial charge in [-0.2, -0.15) is 9.40 Å². The quantitative estimate of drug-likeness (QED) is 0.534. The fourth-order valence-corrected chi connectivity index (χ4v) is 5.56. The summed E-state index contributed by atoms with van der Waals surface area (Å²) in [5.41, 5.74) is -0.0332. The molecule has 0 radical (unpaired) electrons. The fraction of sp³-hybridized carbons (Fsp3) is 0.375. The van der Waals surface area contributed by atoms with E-state index in [4.69, 9.17) is 0 Å². The van der Waals surface area contributed by atoms with Gasteiger partial charge < -0.3 is 4.90 Å². The van der Waals surface area contributed by atoms with Gasteiger partial charge in [-0.25, -0.2) is 17.5 Å². The number of amides is 1. The number of rotatable bonds is 6. The minimum absolute atomic E-state index is 0.0179. The van der Waals surface area contributed by atoms with Crippen LogP contribution >= 0.6 is 0 Å². The molecule has 1 amide bonds. The van der Waals surface area contributed by atoms with E-state index in [0.29, 0.717) is 30.3 Å². The van der Waals surface area contributed by atoms with E-state index in [0.717, 1.165) is 25.0 Å². The molecule has 0 unspecified atom stereocenters. The highest BCUT2D eigenvalue weighted by atomic mass is 32.2. The molecule has 180 valence electrons. The first kappa shape index (κ1) is 24.0. The number of carbonyl (C=O) groups is 1. The minimum Gasteiger partial charge on any atom is -0.336 e. The fourth-order valence-electron chi connectivity index (χ4n) is 4.10. The summed E-state index contributed by atoms with van der Waals surface area (Å²) >= 11 is 0. The Bertz CT molecular complexity index is 1360. The van der Waals surface area contributed by atoms with E-state index in [-0.39, 0.29) is 41.7 Å². The molecule has 0 atom stereocenters. The maximum Gasteiger partial charge on any atom is 0.274 e. The Hall–Kier alpha value is -3.11. The van der Waals surface area contributed by atoms with Crippen LogP contribution in [-0.4, -0.2) is 59.5 Å². The summed E-state index contributed by atoms with van der Waals surface area (Å²) in [6.45, 7) is 3.33. The topological polar surface area (TPSA) is 92.6 Å². The zero-order valence-electron chi connectivity index (χ0n) is 19.0. The Morgan fingerprint density at radius 1 is 1.00 bits per heavy atom. The molecule has 1 saturated heterocycles. The number of halogens is 1. The molecule has 4 rings (SSSR count). The number of sulfonamides is 1. The number of carbonyl (C=O) groups excluding carboxylic acids is 1. The van der Waals surface area contributed by atoms with Gasteiger partial charge in [0.1, 0.15) is 5.82 Å². The third-order valence-electron chi connectivity index (χ3n) is 5.99. The number of aromatic nitrogens is 2. The summed E-state index contributed by atoms with van der Waals surface area (Å²) < 4.78 is 41.9. The average molecular weight is 487 g/mol. The maximum atomic E-state index is 13.5. The van der Waals surface area contributed by atoms with Gasteiger partial charge in [0.05, 0.1) is 10.3 Å². The van der Waals surface area contributed by atoms with Gasteiger partial charge in [0, 0.05) is 38.1 Å². The van der Waals surface area contributed by atoms with Crippen LogP contribution in [-0.2, 0) is 16.6 Å². The number of benzene rings is 2. The van der Waals surface area contributed by atoms with Gasteiger partial charge >= 0.3 is 0 Å². The van der Waals surface area contributed by atoms with Crippen LogP contribution < -0.4 is 5.56 Å². The van der Waals surface area contributed by atoms with Gasteiger partial charge in [0.2, 0.25) is 10.0 Å². The van der Waals surface area contributed by atoms with Gasteiger partial charge in [-0.15, -0.1) is 0 Å². The number of unbranched alkanes of at least 4 members (excludes halogenated alkanes) is 1. The minimum atomic E-state index is -3.81. The van der Waals surface area contributed by atoms with Crippen molar-refractivity contribution < 1.29 is 17.6 Å². The van der Waals surface area contributed by atoms with Crippen molar-refractivity contribution in [2.45, 2.75) is 37.6 Å². The van der Waals surface area contributed by atoms with Crippen LogP contribution in [0.5, 0.6) is 0 Å². The predicted molar refractivity (Wildman–Crippen MR) is 127 cm³/mol.